The number of halogens is 1. The Morgan fingerprint density at radius 2 is 1.44 bits per heavy atom. The first-order chi connectivity index (χ1) is 17.6. The molecule has 5 nitrogen and oxygen atoms in total. The van der Waals surface area contributed by atoms with Crippen LogP contribution in [0.25, 0.3) is 0 Å². The largest absolute Gasteiger partial charge is 0.465 e. The highest BCUT2D eigenvalue weighted by molar-refractivity contribution is 6.30. The van der Waals surface area contributed by atoms with Crippen LogP contribution in [0.4, 0.5) is 5.69 Å². The van der Waals surface area contributed by atoms with Gasteiger partial charge >= 0.3 is 5.97 Å². The van der Waals surface area contributed by atoms with Crippen molar-refractivity contribution in [1.29, 1.82) is 0 Å². The number of nitrogens with one attached hydrogen (secondary N) is 2. The van der Waals surface area contributed by atoms with Crippen LogP contribution in [0.1, 0.15) is 87.1 Å². The van der Waals surface area contributed by atoms with E-state index in [1.54, 1.807) is 19.1 Å². The lowest BCUT2D eigenvalue weighted by Crippen LogP contribution is -2.30. The zero-order valence-electron chi connectivity index (χ0n) is 21.4. The predicted octanol–water partition coefficient (Wildman–Crippen LogP) is 7.00. The molecule has 0 bridgehead atoms. The molecule has 2 rings (SSSR count). The number of carbonyl (C=O) groups is 2. The standard InChI is InChI=1S/C30H39ClN2O3/c1-2-36-29(34)24-33-30(35)26-17-21-28(22-18-26)32-23-13-11-9-7-5-3-4-6-8-10-12-14-25-15-19-27(31)20-16-25/h15-22,32H,2-11,13,23-24H2,1H3,(H,33,35). The summed E-state index contributed by atoms with van der Waals surface area (Å²) in [6.45, 7) is 2.84. The average Bonchev–Trinajstić information content (AvgIpc) is 2.89. The lowest BCUT2D eigenvalue weighted by Gasteiger charge is -2.08. The molecule has 2 aromatic rings. The minimum Gasteiger partial charge on any atom is -0.465 e. The van der Waals surface area contributed by atoms with E-state index in [2.05, 4.69) is 22.5 Å². The number of hydrogen-bond donors (Lipinski definition) is 2. The summed E-state index contributed by atoms with van der Waals surface area (Å²) in [6, 6.07) is 15.0. The smallest absolute Gasteiger partial charge is 0.325 e. The summed E-state index contributed by atoms with van der Waals surface area (Å²) in [5, 5.41) is 6.71. The van der Waals surface area contributed by atoms with Gasteiger partial charge in [0, 0.05) is 34.8 Å². The number of anilines is 1. The molecule has 0 saturated carbocycles. The molecule has 2 aromatic carbocycles. The van der Waals surface area contributed by atoms with Gasteiger partial charge in [-0.05, 0) is 68.3 Å². The first kappa shape index (κ1) is 29.3. The van der Waals surface area contributed by atoms with Gasteiger partial charge < -0.3 is 15.4 Å². The van der Waals surface area contributed by atoms with Crippen LogP contribution >= 0.6 is 11.6 Å². The molecule has 36 heavy (non-hydrogen) atoms. The Morgan fingerprint density at radius 3 is 2.08 bits per heavy atom. The molecular weight excluding hydrogens is 472 g/mol. The number of ether oxygens (including phenoxy) is 1. The van der Waals surface area contributed by atoms with E-state index in [1.165, 1.54) is 51.4 Å². The van der Waals surface area contributed by atoms with Crippen molar-refractivity contribution in [2.75, 3.05) is 25.0 Å². The monoisotopic (exact) mass is 510 g/mol. The fourth-order valence-electron chi connectivity index (χ4n) is 3.71. The van der Waals surface area contributed by atoms with Crippen molar-refractivity contribution < 1.29 is 14.3 Å². The summed E-state index contributed by atoms with van der Waals surface area (Å²) in [5.74, 6) is 5.73. The van der Waals surface area contributed by atoms with Gasteiger partial charge in [-0.3, -0.25) is 9.59 Å². The van der Waals surface area contributed by atoms with E-state index in [-0.39, 0.29) is 12.5 Å². The summed E-state index contributed by atoms with van der Waals surface area (Å²) < 4.78 is 4.80. The molecule has 194 valence electrons. The quantitative estimate of drug-likeness (QED) is 0.145. The van der Waals surface area contributed by atoms with Crippen LogP contribution in [0.15, 0.2) is 48.5 Å². The van der Waals surface area contributed by atoms with Crippen molar-refractivity contribution in [1.82, 2.24) is 5.32 Å². The topological polar surface area (TPSA) is 67.4 Å². The summed E-state index contributed by atoms with van der Waals surface area (Å²) >= 11 is 5.88. The van der Waals surface area contributed by atoms with Crippen molar-refractivity contribution in [2.24, 2.45) is 0 Å². The fourth-order valence-corrected chi connectivity index (χ4v) is 3.84. The van der Waals surface area contributed by atoms with Crippen LogP contribution in [0.3, 0.4) is 0 Å². The van der Waals surface area contributed by atoms with Crippen LogP contribution in [-0.4, -0.2) is 31.6 Å². The van der Waals surface area contributed by atoms with Crippen LogP contribution in [0.2, 0.25) is 5.02 Å². The van der Waals surface area contributed by atoms with Gasteiger partial charge in [-0.2, -0.15) is 0 Å². The molecule has 0 aromatic heterocycles. The fraction of sp³-hybridized carbons (Fsp3) is 0.467. The molecule has 0 aliphatic carbocycles. The Labute approximate surface area is 221 Å². The molecule has 0 aliphatic rings. The second kappa shape index (κ2) is 18.3. The predicted molar refractivity (Wildman–Crippen MR) is 148 cm³/mol. The summed E-state index contributed by atoms with van der Waals surface area (Å²) in [7, 11) is 0. The van der Waals surface area contributed by atoms with E-state index in [9.17, 15) is 9.59 Å². The van der Waals surface area contributed by atoms with Gasteiger partial charge in [0.15, 0.2) is 0 Å². The summed E-state index contributed by atoms with van der Waals surface area (Å²) in [6.07, 6.45) is 12.2. The highest BCUT2D eigenvalue weighted by atomic mass is 35.5. The van der Waals surface area contributed by atoms with Gasteiger partial charge in [-0.15, -0.1) is 0 Å². The number of amides is 1. The molecule has 0 radical (unpaired) electrons. The van der Waals surface area contributed by atoms with E-state index in [0.29, 0.717) is 12.2 Å². The maximum absolute atomic E-state index is 12.1. The van der Waals surface area contributed by atoms with Crippen molar-refractivity contribution in [2.45, 2.75) is 71.1 Å². The van der Waals surface area contributed by atoms with E-state index >= 15 is 0 Å². The summed E-state index contributed by atoms with van der Waals surface area (Å²) in [5.41, 5.74) is 2.55. The Hall–Kier alpha value is -2.97. The van der Waals surface area contributed by atoms with Gasteiger partial charge in [-0.1, -0.05) is 68.4 Å². The SMILES string of the molecule is CCOC(=O)CNC(=O)c1ccc(NCCCCCCCCCCCC#Cc2ccc(Cl)cc2)cc1. The highest BCUT2D eigenvalue weighted by Gasteiger charge is 2.08. The molecule has 6 heteroatoms. The second-order valence-corrected chi connectivity index (χ2v) is 9.17. The normalized spacial score (nSPS) is 10.3. The molecule has 0 atom stereocenters. The van der Waals surface area contributed by atoms with Crippen LogP contribution < -0.4 is 10.6 Å². The molecule has 0 aliphatic heterocycles. The third-order valence-electron chi connectivity index (χ3n) is 5.73. The number of unbranched alkanes of at least 4 members (excludes halogenated alkanes) is 9. The van der Waals surface area contributed by atoms with Gasteiger partial charge in [0.1, 0.15) is 6.54 Å². The summed E-state index contributed by atoms with van der Waals surface area (Å²) in [4.78, 5) is 23.4. The molecule has 0 heterocycles. The molecule has 2 N–H and O–H groups in total. The van der Waals surface area contributed by atoms with Crippen LogP contribution in [0.5, 0.6) is 0 Å². The molecule has 0 unspecified atom stereocenters. The lowest BCUT2D eigenvalue weighted by molar-refractivity contribution is -0.141. The van der Waals surface area contributed by atoms with Crippen LogP contribution in [0, 0.1) is 11.8 Å². The number of carbonyl (C=O) groups excluding carboxylic acids is 2. The van der Waals surface area contributed by atoms with E-state index in [4.69, 9.17) is 16.3 Å². The Morgan fingerprint density at radius 1 is 0.833 bits per heavy atom. The van der Waals surface area contributed by atoms with Crippen molar-refractivity contribution in [3.63, 3.8) is 0 Å². The van der Waals surface area contributed by atoms with Crippen molar-refractivity contribution in [3.05, 3.63) is 64.7 Å². The minimum absolute atomic E-state index is 0.117. The number of hydrogen-bond acceptors (Lipinski definition) is 4. The van der Waals surface area contributed by atoms with Gasteiger partial charge in [0.2, 0.25) is 0 Å². The molecule has 0 fully saturated rings. The van der Waals surface area contributed by atoms with E-state index < -0.39 is 5.97 Å². The minimum atomic E-state index is -0.434. The van der Waals surface area contributed by atoms with Crippen LogP contribution in [-0.2, 0) is 9.53 Å². The molecule has 1 amide bonds. The van der Waals surface area contributed by atoms with Crippen molar-refractivity contribution in [3.8, 4) is 11.8 Å². The van der Waals surface area contributed by atoms with Gasteiger partial charge in [-0.25, -0.2) is 0 Å². The number of esters is 1. The number of rotatable bonds is 16. The molecular formula is C30H39ClN2O3. The zero-order chi connectivity index (χ0) is 25.8. The zero-order valence-corrected chi connectivity index (χ0v) is 22.2. The van der Waals surface area contributed by atoms with E-state index in [1.807, 2.05) is 36.4 Å². The van der Waals surface area contributed by atoms with E-state index in [0.717, 1.165) is 35.7 Å². The maximum Gasteiger partial charge on any atom is 0.325 e. The van der Waals surface area contributed by atoms with Crippen molar-refractivity contribution >= 4 is 29.2 Å². The number of benzene rings is 2. The Bertz CT molecular complexity index is 962. The second-order valence-electron chi connectivity index (χ2n) is 8.73. The third kappa shape index (κ3) is 13.2. The lowest BCUT2D eigenvalue weighted by atomic mass is 10.1. The molecule has 0 spiro atoms. The first-order valence-corrected chi connectivity index (χ1v) is 13.5. The van der Waals surface area contributed by atoms with Gasteiger partial charge in [0.05, 0.1) is 6.61 Å². The highest BCUT2D eigenvalue weighted by Crippen LogP contribution is 2.13. The average molecular weight is 511 g/mol. The first-order valence-electron chi connectivity index (χ1n) is 13.1. The Balaban J connectivity index is 1.41. The third-order valence-corrected chi connectivity index (χ3v) is 5.98. The Kier molecular flexibility index (Phi) is 14.9. The molecule has 0 saturated heterocycles. The van der Waals surface area contributed by atoms with Gasteiger partial charge in [0.25, 0.3) is 5.91 Å². The maximum atomic E-state index is 12.1.